The summed E-state index contributed by atoms with van der Waals surface area (Å²) in [6.07, 6.45) is 0. The SMILES string of the molecule is NCc1ccccc1NS(=O)(=O)c1cc(Br)sc1Br. The minimum Gasteiger partial charge on any atom is -0.326 e. The summed E-state index contributed by atoms with van der Waals surface area (Å²) in [6.45, 7) is 0.271. The molecule has 0 aliphatic carbocycles. The number of nitrogens with two attached hydrogens (primary N) is 1. The Morgan fingerprint density at radius 1 is 1.26 bits per heavy atom. The van der Waals surface area contributed by atoms with E-state index in [1.165, 1.54) is 11.3 Å². The van der Waals surface area contributed by atoms with Crippen LogP contribution in [0.4, 0.5) is 5.69 Å². The van der Waals surface area contributed by atoms with Crippen molar-refractivity contribution in [1.82, 2.24) is 0 Å². The Bertz CT molecular complexity index is 698. The number of halogens is 2. The molecule has 4 nitrogen and oxygen atoms in total. The number of thiophene rings is 1. The zero-order chi connectivity index (χ0) is 14.0. The Morgan fingerprint density at radius 2 is 1.95 bits per heavy atom. The summed E-state index contributed by atoms with van der Waals surface area (Å²) < 4.78 is 28.5. The van der Waals surface area contributed by atoms with Gasteiger partial charge >= 0.3 is 0 Å². The molecule has 0 saturated heterocycles. The van der Waals surface area contributed by atoms with E-state index >= 15 is 0 Å². The molecular formula is C11H10Br2N2O2S2. The van der Waals surface area contributed by atoms with Gasteiger partial charge < -0.3 is 5.73 Å². The minimum atomic E-state index is -3.63. The maximum Gasteiger partial charge on any atom is 0.263 e. The van der Waals surface area contributed by atoms with Gasteiger partial charge in [-0.2, -0.15) is 0 Å². The molecule has 2 aromatic rings. The number of sulfonamides is 1. The van der Waals surface area contributed by atoms with E-state index in [1.807, 2.05) is 6.07 Å². The van der Waals surface area contributed by atoms with E-state index in [2.05, 4.69) is 36.6 Å². The summed E-state index contributed by atoms with van der Waals surface area (Å²) in [5, 5.41) is 0. The van der Waals surface area contributed by atoms with Gasteiger partial charge in [-0.3, -0.25) is 4.72 Å². The Labute approximate surface area is 132 Å². The molecule has 2 rings (SSSR count). The molecule has 1 aromatic heterocycles. The number of hydrogen-bond acceptors (Lipinski definition) is 4. The number of anilines is 1. The fraction of sp³-hybridized carbons (Fsp3) is 0.0909. The van der Waals surface area contributed by atoms with Gasteiger partial charge in [-0.05, 0) is 49.6 Å². The van der Waals surface area contributed by atoms with E-state index < -0.39 is 10.0 Å². The highest BCUT2D eigenvalue weighted by Crippen LogP contribution is 2.35. The molecule has 0 amide bonds. The maximum absolute atomic E-state index is 12.3. The van der Waals surface area contributed by atoms with Crippen molar-refractivity contribution in [2.45, 2.75) is 11.4 Å². The van der Waals surface area contributed by atoms with Crippen molar-refractivity contribution >= 4 is 58.9 Å². The minimum absolute atomic E-state index is 0.205. The molecule has 102 valence electrons. The van der Waals surface area contributed by atoms with E-state index in [1.54, 1.807) is 24.3 Å². The molecule has 0 fully saturated rings. The molecule has 0 bridgehead atoms. The van der Waals surface area contributed by atoms with Crippen LogP contribution in [0, 0.1) is 0 Å². The topological polar surface area (TPSA) is 72.2 Å². The third kappa shape index (κ3) is 3.38. The molecular weight excluding hydrogens is 416 g/mol. The first-order valence-electron chi connectivity index (χ1n) is 5.19. The van der Waals surface area contributed by atoms with Crippen LogP contribution in [0.3, 0.4) is 0 Å². The molecule has 3 N–H and O–H groups in total. The first-order valence-corrected chi connectivity index (χ1v) is 9.08. The molecule has 0 unspecified atom stereocenters. The Morgan fingerprint density at radius 3 is 2.53 bits per heavy atom. The van der Waals surface area contributed by atoms with Gasteiger partial charge in [0.15, 0.2) is 0 Å². The number of para-hydroxylation sites is 1. The number of rotatable bonds is 4. The molecule has 19 heavy (non-hydrogen) atoms. The molecule has 0 aliphatic heterocycles. The van der Waals surface area contributed by atoms with Gasteiger partial charge in [0.1, 0.15) is 4.90 Å². The molecule has 1 heterocycles. The Balaban J connectivity index is 2.39. The average Bonchev–Trinajstić information content (AvgIpc) is 2.69. The summed E-state index contributed by atoms with van der Waals surface area (Å²) in [6, 6.07) is 8.61. The van der Waals surface area contributed by atoms with Gasteiger partial charge in [-0.25, -0.2) is 8.42 Å². The zero-order valence-corrected chi connectivity index (χ0v) is 14.4. The maximum atomic E-state index is 12.3. The van der Waals surface area contributed by atoms with Gasteiger partial charge in [0.2, 0.25) is 0 Å². The van der Waals surface area contributed by atoms with Gasteiger partial charge in [0, 0.05) is 6.54 Å². The summed E-state index contributed by atoms with van der Waals surface area (Å²) >= 11 is 7.82. The van der Waals surface area contributed by atoms with E-state index in [0.717, 1.165) is 9.35 Å². The predicted octanol–water partition coefficient (Wildman–Crippen LogP) is 3.53. The van der Waals surface area contributed by atoms with Crippen molar-refractivity contribution in [3.05, 3.63) is 43.5 Å². The van der Waals surface area contributed by atoms with E-state index in [4.69, 9.17) is 5.73 Å². The molecule has 0 saturated carbocycles. The zero-order valence-electron chi connectivity index (χ0n) is 9.56. The largest absolute Gasteiger partial charge is 0.326 e. The fourth-order valence-electron chi connectivity index (χ4n) is 1.51. The predicted molar refractivity (Wildman–Crippen MR) is 84.9 cm³/mol. The van der Waals surface area contributed by atoms with E-state index in [9.17, 15) is 8.42 Å². The van der Waals surface area contributed by atoms with E-state index in [0.29, 0.717) is 9.47 Å². The van der Waals surface area contributed by atoms with E-state index in [-0.39, 0.29) is 11.4 Å². The summed E-state index contributed by atoms with van der Waals surface area (Å²) in [5.74, 6) is 0. The first-order chi connectivity index (χ1) is 8.94. The van der Waals surface area contributed by atoms with Gasteiger partial charge in [-0.1, -0.05) is 18.2 Å². The Kier molecular flexibility index (Phi) is 4.67. The smallest absolute Gasteiger partial charge is 0.263 e. The lowest BCUT2D eigenvalue weighted by Gasteiger charge is -2.10. The second-order valence-corrected chi connectivity index (χ2v) is 9.06. The first kappa shape index (κ1) is 15.0. The molecule has 8 heteroatoms. The van der Waals surface area contributed by atoms with Crippen molar-refractivity contribution < 1.29 is 8.42 Å². The monoisotopic (exact) mass is 424 g/mol. The van der Waals surface area contributed by atoms with Gasteiger partial charge in [0.25, 0.3) is 10.0 Å². The summed E-state index contributed by atoms with van der Waals surface area (Å²) in [4.78, 5) is 0.205. The second kappa shape index (κ2) is 5.92. The molecule has 0 atom stereocenters. The van der Waals surface area contributed by atoms with Gasteiger partial charge in [-0.15, -0.1) is 11.3 Å². The summed E-state index contributed by atoms with van der Waals surface area (Å²) in [5.41, 5.74) is 6.84. The van der Waals surface area contributed by atoms with Crippen LogP contribution in [0.1, 0.15) is 5.56 Å². The molecule has 1 aromatic carbocycles. The molecule has 0 spiro atoms. The Hall–Kier alpha value is -0.410. The van der Waals surface area contributed by atoms with Crippen LogP contribution in [0.5, 0.6) is 0 Å². The lowest BCUT2D eigenvalue weighted by Crippen LogP contribution is -2.14. The van der Waals surface area contributed by atoms with Crippen molar-refractivity contribution in [2.24, 2.45) is 5.73 Å². The van der Waals surface area contributed by atoms with Crippen molar-refractivity contribution in [1.29, 1.82) is 0 Å². The van der Waals surface area contributed by atoms with Crippen LogP contribution in [0.25, 0.3) is 0 Å². The number of hydrogen-bond donors (Lipinski definition) is 2. The quantitative estimate of drug-likeness (QED) is 0.786. The lowest BCUT2D eigenvalue weighted by molar-refractivity contribution is 0.601. The van der Waals surface area contributed by atoms with Crippen LogP contribution in [0.2, 0.25) is 0 Å². The normalized spacial score (nSPS) is 11.5. The van der Waals surface area contributed by atoms with Crippen LogP contribution >= 0.6 is 43.2 Å². The molecule has 0 aliphatic rings. The van der Waals surface area contributed by atoms with Crippen molar-refractivity contribution in [2.75, 3.05) is 4.72 Å². The van der Waals surface area contributed by atoms with Crippen molar-refractivity contribution in [3.8, 4) is 0 Å². The van der Waals surface area contributed by atoms with Crippen LogP contribution in [0.15, 0.2) is 42.8 Å². The lowest BCUT2D eigenvalue weighted by atomic mass is 10.2. The van der Waals surface area contributed by atoms with Crippen LogP contribution in [-0.4, -0.2) is 8.42 Å². The molecule has 0 radical (unpaired) electrons. The fourth-order valence-corrected chi connectivity index (χ4v) is 6.42. The van der Waals surface area contributed by atoms with Crippen LogP contribution in [-0.2, 0) is 16.6 Å². The van der Waals surface area contributed by atoms with Crippen molar-refractivity contribution in [3.63, 3.8) is 0 Å². The number of benzene rings is 1. The van der Waals surface area contributed by atoms with Crippen LogP contribution < -0.4 is 10.5 Å². The second-order valence-electron chi connectivity index (χ2n) is 3.66. The highest BCUT2D eigenvalue weighted by Gasteiger charge is 2.21. The standard InChI is InChI=1S/C11H10Br2N2O2S2/c12-10-5-9(11(13)18-10)19(16,17)15-8-4-2-1-3-7(8)6-14/h1-5,15H,6,14H2. The van der Waals surface area contributed by atoms with Gasteiger partial charge in [0.05, 0.1) is 13.3 Å². The average molecular weight is 426 g/mol. The third-order valence-electron chi connectivity index (χ3n) is 2.40. The highest BCUT2D eigenvalue weighted by atomic mass is 79.9. The third-order valence-corrected chi connectivity index (χ3v) is 6.52. The highest BCUT2D eigenvalue weighted by molar-refractivity contribution is 9.12. The number of nitrogens with one attached hydrogen (secondary N) is 1. The summed E-state index contributed by atoms with van der Waals surface area (Å²) in [7, 11) is -3.63.